The molecule has 0 saturated heterocycles. The zero-order chi connectivity index (χ0) is 16.6. The van der Waals surface area contributed by atoms with Gasteiger partial charge >= 0.3 is 0 Å². The van der Waals surface area contributed by atoms with E-state index in [4.69, 9.17) is 4.74 Å². The van der Waals surface area contributed by atoms with Gasteiger partial charge in [-0.05, 0) is 17.2 Å². The molecule has 0 saturated carbocycles. The second-order valence-electron chi connectivity index (χ2n) is 5.50. The van der Waals surface area contributed by atoms with Crippen LogP contribution in [0.3, 0.4) is 0 Å². The van der Waals surface area contributed by atoms with Gasteiger partial charge in [0.1, 0.15) is 11.9 Å². The van der Waals surface area contributed by atoms with Crippen LogP contribution in [0, 0.1) is 5.82 Å². The van der Waals surface area contributed by atoms with E-state index in [0.717, 1.165) is 11.1 Å². The Morgan fingerprint density at radius 2 is 1.42 bits per heavy atom. The number of halogens is 1. The lowest BCUT2D eigenvalue weighted by atomic mass is 10.1. The minimum atomic E-state index is -0.239. The summed E-state index contributed by atoms with van der Waals surface area (Å²) in [5.74, 6) is -0.239. The summed E-state index contributed by atoms with van der Waals surface area (Å²) in [7, 11) is 0. The lowest BCUT2D eigenvalue weighted by molar-refractivity contribution is 0.0704. The first-order valence-electron chi connectivity index (χ1n) is 7.96. The zero-order valence-electron chi connectivity index (χ0n) is 13.3. The van der Waals surface area contributed by atoms with Crippen molar-refractivity contribution in [2.75, 3.05) is 0 Å². The quantitative estimate of drug-likeness (QED) is 0.558. The van der Waals surface area contributed by atoms with Crippen LogP contribution in [0.25, 0.3) is 6.08 Å². The van der Waals surface area contributed by atoms with Crippen LogP contribution in [-0.4, -0.2) is 0 Å². The maximum Gasteiger partial charge on any atom is 0.128 e. The van der Waals surface area contributed by atoms with E-state index < -0.39 is 0 Å². The molecule has 0 N–H and O–H groups in total. The van der Waals surface area contributed by atoms with E-state index in [9.17, 15) is 4.39 Å². The van der Waals surface area contributed by atoms with E-state index in [1.165, 1.54) is 6.07 Å². The van der Waals surface area contributed by atoms with Crippen molar-refractivity contribution in [2.45, 2.75) is 12.7 Å². The third kappa shape index (κ3) is 4.40. The Morgan fingerprint density at radius 1 is 0.792 bits per heavy atom. The Hall–Kier alpha value is -2.71. The molecule has 1 atom stereocenters. The SMILES string of the molecule is Fc1ccccc1CO[C@@H](/C=C/c1ccccc1)c1ccccc1. The average molecular weight is 318 g/mol. The average Bonchev–Trinajstić information content (AvgIpc) is 2.65. The van der Waals surface area contributed by atoms with Crippen molar-refractivity contribution in [1.82, 2.24) is 0 Å². The molecule has 24 heavy (non-hydrogen) atoms. The van der Waals surface area contributed by atoms with E-state index in [2.05, 4.69) is 0 Å². The normalized spacial score (nSPS) is 12.4. The Morgan fingerprint density at radius 3 is 2.12 bits per heavy atom. The summed E-state index contributed by atoms with van der Waals surface area (Å²) < 4.78 is 19.8. The molecule has 0 radical (unpaired) electrons. The lowest BCUT2D eigenvalue weighted by Gasteiger charge is -2.15. The Balaban J connectivity index is 1.78. The van der Waals surface area contributed by atoms with E-state index in [-0.39, 0.29) is 18.5 Å². The number of hydrogen-bond acceptors (Lipinski definition) is 1. The van der Waals surface area contributed by atoms with Crippen molar-refractivity contribution in [1.29, 1.82) is 0 Å². The molecular formula is C22H19FO. The van der Waals surface area contributed by atoms with Crippen molar-refractivity contribution in [3.8, 4) is 0 Å². The molecule has 0 aliphatic heterocycles. The standard InChI is InChI=1S/C22H19FO/c23-21-14-8-7-13-20(21)17-24-22(19-11-5-2-6-12-19)16-15-18-9-3-1-4-10-18/h1-16,22H,17H2/b16-15+/t22-/m0/s1. The first kappa shape index (κ1) is 16.2. The van der Waals surface area contributed by atoms with Gasteiger partial charge in [0.15, 0.2) is 0 Å². The predicted octanol–water partition coefficient (Wildman–Crippen LogP) is 5.80. The molecule has 0 heterocycles. The Labute approximate surface area is 142 Å². The molecule has 0 amide bonds. The molecule has 1 nitrogen and oxygen atoms in total. The highest BCUT2D eigenvalue weighted by molar-refractivity contribution is 5.50. The first-order valence-corrected chi connectivity index (χ1v) is 7.96. The van der Waals surface area contributed by atoms with Crippen molar-refractivity contribution in [2.24, 2.45) is 0 Å². The number of hydrogen-bond donors (Lipinski definition) is 0. The Kier molecular flexibility index (Phi) is 5.54. The summed E-state index contributed by atoms with van der Waals surface area (Å²) in [6.07, 6.45) is 3.80. The van der Waals surface area contributed by atoms with Crippen molar-refractivity contribution in [3.05, 3.63) is 114 Å². The zero-order valence-corrected chi connectivity index (χ0v) is 13.3. The van der Waals surface area contributed by atoms with Crippen LogP contribution in [0.5, 0.6) is 0 Å². The molecule has 3 rings (SSSR count). The van der Waals surface area contributed by atoms with Gasteiger partial charge in [-0.3, -0.25) is 0 Å². The van der Waals surface area contributed by atoms with Gasteiger partial charge in [-0.15, -0.1) is 0 Å². The number of ether oxygens (including phenoxy) is 1. The molecule has 0 bridgehead atoms. The van der Waals surface area contributed by atoms with E-state index in [0.29, 0.717) is 5.56 Å². The molecule has 2 heteroatoms. The highest BCUT2D eigenvalue weighted by Crippen LogP contribution is 2.22. The molecule has 0 aliphatic carbocycles. The molecule has 0 unspecified atom stereocenters. The molecule has 3 aromatic carbocycles. The highest BCUT2D eigenvalue weighted by atomic mass is 19.1. The van der Waals surface area contributed by atoms with Crippen LogP contribution < -0.4 is 0 Å². The van der Waals surface area contributed by atoms with Gasteiger partial charge in [-0.1, -0.05) is 91.0 Å². The summed E-state index contributed by atoms with van der Waals surface area (Å²) in [6, 6.07) is 26.7. The minimum absolute atomic E-state index is 0.228. The van der Waals surface area contributed by atoms with Crippen LogP contribution in [0.2, 0.25) is 0 Å². The minimum Gasteiger partial charge on any atom is -0.365 e. The fourth-order valence-corrected chi connectivity index (χ4v) is 2.46. The maximum atomic E-state index is 13.8. The molecular weight excluding hydrogens is 299 g/mol. The van der Waals surface area contributed by atoms with E-state index >= 15 is 0 Å². The summed E-state index contributed by atoms with van der Waals surface area (Å²) in [4.78, 5) is 0. The van der Waals surface area contributed by atoms with Crippen molar-refractivity contribution < 1.29 is 9.13 Å². The van der Waals surface area contributed by atoms with Gasteiger partial charge < -0.3 is 4.74 Å². The fourth-order valence-electron chi connectivity index (χ4n) is 2.46. The third-order valence-corrected chi connectivity index (χ3v) is 3.77. The second-order valence-corrected chi connectivity index (χ2v) is 5.50. The van der Waals surface area contributed by atoms with Crippen molar-refractivity contribution in [3.63, 3.8) is 0 Å². The largest absolute Gasteiger partial charge is 0.365 e. The first-order chi connectivity index (χ1) is 11.8. The monoisotopic (exact) mass is 318 g/mol. The molecule has 0 aliphatic rings. The van der Waals surface area contributed by atoms with Crippen LogP contribution in [0.1, 0.15) is 22.8 Å². The summed E-state index contributed by atoms with van der Waals surface area (Å²) in [5.41, 5.74) is 2.71. The van der Waals surface area contributed by atoms with Crippen LogP contribution in [0.4, 0.5) is 4.39 Å². The topological polar surface area (TPSA) is 9.23 Å². The van der Waals surface area contributed by atoms with Crippen molar-refractivity contribution >= 4 is 6.08 Å². The maximum absolute atomic E-state index is 13.8. The van der Waals surface area contributed by atoms with Gasteiger partial charge in [-0.25, -0.2) is 4.39 Å². The highest BCUT2D eigenvalue weighted by Gasteiger charge is 2.10. The van der Waals surface area contributed by atoms with Gasteiger partial charge in [0, 0.05) is 5.56 Å². The second kappa shape index (κ2) is 8.23. The van der Waals surface area contributed by atoms with Gasteiger partial charge in [-0.2, -0.15) is 0 Å². The molecule has 0 aromatic heterocycles. The number of rotatable bonds is 6. The molecule has 0 fully saturated rings. The summed E-state index contributed by atoms with van der Waals surface area (Å²) in [6.45, 7) is 0.228. The van der Waals surface area contributed by atoms with Crippen LogP contribution in [-0.2, 0) is 11.3 Å². The summed E-state index contributed by atoms with van der Waals surface area (Å²) >= 11 is 0. The van der Waals surface area contributed by atoms with Gasteiger partial charge in [0.05, 0.1) is 6.61 Å². The molecule has 0 spiro atoms. The van der Waals surface area contributed by atoms with Crippen LogP contribution in [0.15, 0.2) is 91.0 Å². The third-order valence-electron chi connectivity index (χ3n) is 3.77. The Bertz CT molecular complexity index is 781. The number of benzene rings is 3. The van der Waals surface area contributed by atoms with Crippen LogP contribution >= 0.6 is 0 Å². The van der Waals surface area contributed by atoms with Gasteiger partial charge in [0.2, 0.25) is 0 Å². The van der Waals surface area contributed by atoms with E-state index in [1.807, 2.05) is 78.9 Å². The smallest absolute Gasteiger partial charge is 0.128 e. The lowest BCUT2D eigenvalue weighted by Crippen LogP contribution is -2.03. The predicted molar refractivity (Wildman–Crippen MR) is 95.8 cm³/mol. The van der Waals surface area contributed by atoms with E-state index in [1.54, 1.807) is 12.1 Å². The van der Waals surface area contributed by atoms with Gasteiger partial charge in [0.25, 0.3) is 0 Å². The molecule has 120 valence electrons. The molecule has 3 aromatic rings. The summed E-state index contributed by atoms with van der Waals surface area (Å²) in [5, 5.41) is 0. The fraction of sp³-hybridized carbons (Fsp3) is 0.0909.